The van der Waals surface area contributed by atoms with Crippen LogP contribution < -0.4 is 16.4 Å². The SMILES string of the molecule is Cc1oc(C(c2ccccc2)c2ccccc2)nc1C(=O)NCCCCNC(=N)N. The number of nitrogens with one attached hydrogen (secondary N) is 3. The van der Waals surface area contributed by atoms with Crippen molar-refractivity contribution in [3.05, 3.63) is 89.1 Å². The second-order valence-corrected chi connectivity index (χ2v) is 7.01. The molecule has 0 atom stereocenters. The molecule has 30 heavy (non-hydrogen) atoms. The number of hydrogen-bond donors (Lipinski definition) is 4. The van der Waals surface area contributed by atoms with Gasteiger partial charge in [-0.3, -0.25) is 10.2 Å². The Morgan fingerprint density at radius 3 is 2.07 bits per heavy atom. The average molecular weight is 406 g/mol. The molecule has 3 aromatic rings. The largest absolute Gasteiger partial charge is 0.444 e. The van der Waals surface area contributed by atoms with Crippen LogP contribution in [0.2, 0.25) is 0 Å². The van der Waals surface area contributed by atoms with Crippen molar-refractivity contribution in [2.75, 3.05) is 13.1 Å². The lowest BCUT2D eigenvalue weighted by Gasteiger charge is -2.14. The van der Waals surface area contributed by atoms with Gasteiger partial charge in [0.1, 0.15) is 5.76 Å². The number of oxazole rings is 1. The summed E-state index contributed by atoms with van der Waals surface area (Å²) in [7, 11) is 0. The number of benzene rings is 2. The van der Waals surface area contributed by atoms with E-state index in [2.05, 4.69) is 15.6 Å². The molecule has 0 spiro atoms. The zero-order valence-corrected chi connectivity index (χ0v) is 17.0. The summed E-state index contributed by atoms with van der Waals surface area (Å²) in [6.45, 7) is 2.88. The molecule has 156 valence electrons. The second kappa shape index (κ2) is 10.2. The molecule has 0 bridgehead atoms. The van der Waals surface area contributed by atoms with Crippen LogP contribution in [-0.2, 0) is 0 Å². The zero-order chi connectivity index (χ0) is 21.3. The molecular weight excluding hydrogens is 378 g/mol. The van der Waals surface area contributed by atoms with Gasteiger partial charge >= 0.3 is 0 Å². The predicted octanol–water partition coefficient (Wildman–Crippen LogP) is 3.16. The number of hydrogen-bond acceptors (Lipinski definition) is 4. The van der Waals surface area contributed by atoms with Crippen LogP contribution in [-0.4, -0.2) is 29.9 Å². The van der Waals surface area contributed by atoms with Crippen molar-refractivity contribution >= 4 is 11.9 Å². The Labute approximate surface area is 176 Å². The van der Waals surface area contributed by atoms with Crippen LogP contribution in [0, 0.1) is 12.3 Å². The molecule has 0 unspecified atom stereocenters. The van der Waals surface area contributed by atoms with Crippen LogP contribution in [0.1, 0.15) is 52.0 Å². The summed E-state index contributed by atoms with van der Waals surface area (Å²) >= 11 is 0. The van der Waals surface area contributed by atoms with E-state index >= 15 is 0 Å². The average Bonchev–Trinajstić information content (AvgIpc) is 3.13. The zero-order valence-electron chi connectivity index (χ0n) is 17.0. The molecule has 0 radical (unpaired) electrons. The van der Waals surface area contributed by atoms with Gasteiger partial charge in [-0.25, -0.2) is 4.98 Å². The molecule has 3 rings (SSSR count). The molecule has 0 aliphatic carbocycles. The lowest BCUT2D eigenvalue weighted by atomic mass is 9.91. The molecule has 7 heteroatoms. The Balaban J connectivity index is 1.73. The minimum atomic E-state index is -0.248. The Hall–Kier alpha value is -3.61. The Morgan fingerprint density at radius 1 is 1.00 bits per heavy atom. The summed E-state index contributed by atoms with van der Waals surface area (Å²) in [6, 6.07) is 20.0. The van der Waals surface area contributed by atoms with Gasteiger partial charge in [-0.1, -0.05) is 60.7 Å². The van der Waals surface area contributed by atoms with E-state index in [1.54, 1.807) is 6.92 Å². The number of aromatic nitrogens is 1. The number of guanidine groups is 1. The summed E-state index contributed by atoms with van der Waals surface area (Å²) in [6.07, 6.45) is 1.57. The van der Waals surface area contributed by atoms with Crippen LogP contribution in [0.4, 0.5) is 0 Å². The Kier molecular flexibility index (Phi) is 7.21. The van der Waals surface area contributed by atoms with E-state index in [0.717, 1.165) is 24.0 Å². The van der Waals surface area contributed by atoms with E-state index in [1.807, 2.05) is 60.7 Å². The minimum absolute atomic E-state index is 0.0452. The highest BCUT2D eigenvalue weighted by Crippen LogP contribution is 2.32. The van der Waals surface area contributed by atoms with Crippen LogP contribution in [0.3, 0.4) is 0 Å². The lowest BCUT2D eigenvalue weighted by Crippen LogP contribution is -2.31. The molecule has 1 amide bonds. The van der Waals surface area contributed by atoms with Crippen molar-refractivity contribution in [1.29, 1.82) is 5.41 Å². The van der Waals surface area contributed by atoms with Gasteiger partial charge < -0.3 is 20.8 Å². The van der Waals surface area contributed by atoms with Crippen LogP contribution in [0.15, 0.2) is 65.1 Å². The van der Waals surface area contributed by atoms with Crippen molar-refractivity contribution in [3.8, 4) is 0 Å². The van der Waals surface area contributed by atoms with Crippen molar-refractivity contribution in [2.45, 2.75) is 25.7 Å². The second-order valence-electron chi connectivity index (χ2n) is 7.01. The van der Waals surface area contributed by atoms with Crippen molar-refractivity contribution in [2.24, 2.45) is 5.73 Å². The molecule has 0 aliphatic rings. The van der Waals surface area contributed by atoms with Gasteiger partial charge in [-0.05, 0) is 30.9 Å². The number of carbonyl (C=O) groups excluding carboxylic acids is 1. The van der Waals surface area contributed by atoms with Gasteiger partial charge in [-0.2, -0.15) is 0 Å². The van der Waals surface area contributed by atoms with E-state index < -0.39 is 0 Å². The maximum absolute atomic E-state index is 12.6. The normalized spacial score (nSPS) is 10.7. The number of nitrogens with zero attached hydrogens (tertiary/aromatic N) is 1. The molecule has 0 fully saturated rings. The predicted molar refractivity (Wildman–Crippen MR) is 117 cm³/mol. The highest BCUT2D eigenvalue weighted by Gasteiger charge is 2.25. The number of unbranched alkanes of at least 4 members (excludes halogenated alkanes) is 1. The summed E-state index contributed by atoms with van der Waals surface area (Å²) in [5.74, 6) is 0.515. The first kappa shape index (κ1) is 21.1. The van der Waals surface area contributed by atoms with Gasteiger partial charge in [-0.15, -0.1) is 0 Å². The van der Waals surface area contributed by atoms with E-state index in [9.17, 15) is 4.79 Å². The van der Waals surface area contributed by atoms with Crippen molar-refractivity contribution in [1.82, 2.24) is 15.6 Å². The standard InChI is InChI=1S/C23H27N5O2/c1-16-20(21(29)26-14-8-9-15-27-23(24)25)28-22(30-16)19(17-10-4-2-5-11-17)18-12-6-3-7-13-18/h2-7,10-13,19H,8-9,14-15H2,1H3,(H,26,29)(H4,24,25,27). The van der Waals surface area contributed by atoms with E-state index in [-0.39, 0.29) is 17.8 Å². The van der Waals surface area contributed by atoms with Gasteiger partial charge in [0.15, 0.2) is 11.7 Å². The molecule has 0 saturated carbocycles. The fourth-order valence-corrected chi connectivity index (χ4v) is 3.28. The molecule has 1 aromatic heterocycles. The van der Waals surface area contributed by atoms with Gasteiger partial charge in [0, 0.05) is 13.1 Å². The summed E-state index contributed by atoms with van der Waals surface area (Å²) in [4.78, 5) is 17.2. The fourth-order valence-electron chi connectivity index (χ4n) is 3.28. The number of aryl methyl sites for hydroxylation is 1. The highest BCUT2D eigenvalue weighted by atomic mass is 16.4. The van der Waals surface area contributed by atoms with Crippen LogP contribution in [0.5, 0.6) is 0 Å². The van der Waals surface area contributed by atoms with Crippen LogP contribution in [0.25, 0.3) is 0 Å². The van der Waals surface area contributed by atoms with Crippen molar-refractivity contribution < 1.29 is 9.21 Å². The first-order valence-electron chi connectivity index (χ1n) is 9.99. The quantitative estimate of drug-likeness (QED) is 0.248. The van der Waals surface area contributed by atoms with Gasteiger partial charge in [0.05, 0.1) is 5.92 Å². The molecule has 7 nitrogen and oxygen atoms in total. The maximum atomic E-state index is 12.6. The van der Waals surface area contributed by atoms with E-state index in [4.69, 9.17) is 15.6 Å². The van der Waals surface area contributed by atoms with Gasteiger partial charge in [0.25, 0.3) is 5.91 Å². The summed E-state index contributed by atoms with van der Waals surface area (Å²) in [5.41, 5.74) is 7.65. The number of rotatable bonds is 9. The summed E-state index contributed by atoms with van der Waals surface area (Å²) < 4.78 is 5.96. The molecule has 0 saturated heterocycles. The number of nitrogens with two attached hydrogens (primary N) is 1. The monoisotopic (exact) mass is 405 g/mol. The third-order valence-electron chi connectivity index (χ3n) is 4.75. The molecular formula is C23H27N5O2. The first-order chi connectivity index (χ1) is 14.6. The third kappa shape index (κ3) is 5.47. The molecule has 2 aromatic carbocycles. The molecule has 0 aliphatic heterocycles. The third-order valence-corrected chi connectivity index (χ3v) is 4.75. The molecule has 5 N–H and O–H groups in total. The Bertz CT molecular complexity index is 930. The van der Waals surface area contributed by atoms with Crippen molar-refractivity contribution in [3.63, 3.8) is 0 Å². The topological polar surface area (TPSA) is 117 Å². The molecule has 1 heterocycles. The highest BCUT2D eigenvalue weighted by molar-refractivity contribution is 5.93. The smallest absolute Gasteiger partial charge is 0.273 e. The fraction of sp³-hybridized carbons (Fsp3) is 0.261. The Morgan fingerprint density at radius 2 is 1.53 bits per heavy atom. The lowest BCUT2D eigenvalue weighted by molar-refractivity contribution is 0.0947. The first-order valence-corrected chi connectivity index (χ1v) is 9.99. The number of carbonyl (C=O) groups is 1. The maximum Gasteiger partial charge on any atom is 0.273 e. The van der Waals surface area contributed by atoms with E-state index in [1.165, 1.54) is 0 Å². The number of amides is 1. The van der Waals surface area contributed by atoms with E-state index in [0.29, 0.717) is 30.4 Å². The van der Waals surface area contributed by atoms with Gasteiger partial charge in [0.2, 0.25) is 5.89 Å². The van der Waals surface area contributed by atoms with Crippen LogP contribution >= 0.6 is 0 Å². The minimum Gasteiger partial charge on any atom is -0.444 e. The summed E-state index contributed by atoms with van der Waals surface area (Å²) in [5, 5.41) is 12.7.